The molecule has 0 spiro atoms. The van der Waals surface area contributed by atoms with E-state index in [0.29, 0.717) is 6.54 Å². The Kier molecular flexibility index (Phi) is 4.74. The second-order valence-electron chi connectivity index (χ2n) is 3.75. The molecule has 0 radical (unpaired) electrons. The first kappa shape index (κ1) is 13.8. The van der Waals surface area contributed by atoms with Crippen LogP contribution in [0.2, 0.25) is 0 Å². The zero-order valence-electron chi connectivity index (χ0n) is 9.49. The number of hydrogen-bond acceptors (Lipinski definition) is 2. The van der Waals surface area contributed by atoms with Crippen molar-refractivity contribution in [1.82, 2.24) is 5.32 Å². The Balaban J connectivity index is 2.70. The van der Waals surface area contributed by atoms with E-state index in [9.17, 15) is 17.6 Å². The third kappa shape index (κ3) is 3.59. The van der Waals surface area contributed by atoms with Crippen LogP contribution in [-0.4, -0.2) is 19.2 Å². The number of nitrogens with one attached hydrogen (secondary N) is 1. The van der Waals surface area contributed by atoms with Gasteiger partial charge in [-0.25, -0.2) is 8.78 Å². The van der Waals surface area contributed by atoms with Crippen LogP contribution in [0.25, 0.3) is 0 Å². The van der Waals surface area contributed by atoms with Crippen LogP contribution >= 0.6 is 0 Å². The molecule has 2 nitrogen and oxygen atoms in total. The predicted molar refractivity (Wildman–Crippen MR) is 54.9 cm³/mol. The minimum atomic E-state index is -1.52. The maximum Gasteiger partial charge on any atom is 0.203 e. The molecule has 0 amide bonds. The van der Waals surface area contributed by atoms with E-state index in [4.69, 9.17) is 0 Å². The van der Waals surface area contributed by atoms with Gasteiger partial charge in [0, 0.05) is 18.7 Å². The maximum atomic E-state index is 13.1. The molecule has 6 heteroatoms. The molecule has 0 atom stereocenters. The zero-order chi connectivity index (χ0) is 13.0. The van der Waals surface area contributed by atoms with Gasteiger partial charge in [0.2, 0.25) is 11.6 Å². The van der Waals surface area contributed by atoms with Gasteiger partial charge in [0.1, 0.15) is 6.61 Å². The highest BCUT2D eigenvalue weighted by molar-refractivity contribution is 5.28. The van der Waals surface area contributed by atoms with Crippen molar-refractivity contribution in [3.63, 3.8) is 0 Å². The highest BCUT2D eigenvalue weighted by Crippen LogP contribution is 2.26. The fourth-order valence-electron chi connectivity index (χ4n) is 1.18. The van der Waals surface area contributed by atoms with E-state index in [1.54, 1.807) is 0 Å². The van der Waals surface area contributed by atoms with Crippen LogP contribution in [0, 0.1) is 23.3 Å². The maximum absolute atomic E-state index is 13.1. The summed E-state index contributed by atoms with van der Waals surface area (Å²) >= 11 is 0. The Labute approximate surface area is 96.6 Å². The zero-order valence-corrected chi connectivity index (χ0v) is 9.49. The summed E-state index contributed by atoms with van der Waals surface area (Å²) in [5, 5.41) is 2.93. The van der Waals surface area contributed by atoms with Gasteiger partial charge in [-0.2, -0.15) is 8.78 Å². The van der Waals surface area contributed by atoms with Crippen molar-refractivity contribution in [2.75, 3.05) is 13.2 Å². The number of hydrogen-bond donors (Lipinski definition) is 1. The van der Waals surface area contributed by atoms with Crippen molar-refractivity contribution in [3.05, 3.63) is 29.3 Å². The highest BCUT2D eigenvalue weighted by Gasteiger charge is 2.20. The fraction of sp³-hybridized carbons (Fsp3) is 0.455. The molecule has 0 saturated heterocycles. The highest BCUT2D eigenvalue weighted by atomic mass is 19.2. The molecule has 17 heavy (non-hydrogen) atoms. The van der Waals surface area contributed by atoms with E-state index in [-0.39, 0.29) is 18.7 Å². The average molecular weight is 251 g/mol. The van der Waals surface area contributed by atoms with Gasteiger partial charge in [-0.3, -0.25) is 0 Å². The lowest BCUT2D eigenvalue weighted by Crippen LogP contribution is -2.27. The third-order valence-electron chi connectivity index (χ3n) is 1.97. The SMILES string of the molecule is CC(C)NCCOc1c(F)c(F)cc(F)c1F. The van der Waals surface area contributed by atoms with Crippen molar-refractivity contribution in [1.29, 1.82) is 0 Å². The van der Waals surface area contributed by atoms with Crippen LogP contribution in [-0.2, 0) is 0 Å². The Morgan fingerprint density at radius 3 is 2.12 bits per heavy atom. The lowest BCUT2D eigenvalue weighted by atomic mass is 10.3. The van der Waals surface area contributed by atoms with Gasteiger partial charge in [0.05, 0.1) is 0 Å². The van der Waals surface area contributed by atoms with E-state index < -0.39 is 29.0 Å². The molecular formula is C11H13F4NO. The second kappa shape index (κ2) is 5.86. The minimum absolute atomic E-state index is 0.0884. The van der Waals surface area contributed by atoms with Crippen LogP contribution < -0.4 is 10.1 Å². The molecule has 1 rings (SSSR count). The molecule has 0 aliphatic heterocycles. The first-order valence-electron chi connectivity index (χ1n) is 5.12. The van der Waals surface area contributed by atoms with Gasteiger partial charge < -0.3 is 10.1 Å². The number of ether oxygens (including phenoxy) is 1. The van der Waals surface area contributed by atoms with Crippen molar-refractivity contribution in [2.45, 2.75) is 19.9 Å². The molecule has 0 fully saturated rings. The second-order valence-corrected chi connectivity index (χ2v) is 3.75. The monoisotopic (exact) mass is 251 g/mol. The molecule has 0 saturated carbocycles. The third-order valence-corrected chi connectivity index (χ3v) is 1.97. The number of halogens is 4. The summed E-state index contributed by atoms with van der Waals surface area (Å²) in [5.41, 5.74) is 0. The van der Waals surface area contributed by atoms with E-state index in [2.05, 4.69) is 10.1 Å². The summed E-state index contributed by atoms with van der Waals surface area (Å²) in [6.07, 6.45) is 0. The molecule has 0 aliphatic rings. The van der Waals surface area contributed by atoms with Crippen LogP contribution in [0.3, 0.4) is 0 Å². The Bertz CT molecular complexity index is 369. The summed E-state index contributed by atoms with van der Waals surface area (Å²) < 4.78 is 56.4. The van der Waals surface area contributed by atoms with Gasteiger partial charge in [0.15, 0.2) is 17.4 Å². The fourth-order valence-corrected chi connectivity index (χ4v) is 1.18. The summed E-state index contributed by atoms with van der Waals surface area (Å²) in [7, 11) is 0. The Morgan fingerprint density at radius 2 is 1.65 bits per heavy atom. The smallest absolute Gasteiger partial charge is 0.203 e. The summed E-state index contributed by atoms with van der Waals surface area (Å²) in [5.74, 6) is -7.01. The lowest BCUT2D eigenvalue weighted by Gasteiger charge is -2.11. The largest absolute Gasteiger partial charge is 0.486 e. The van der Waals surface area contributed by atoms with Gasteiger partial charge in [-0.1, -0.05) is 13.8 Å². The van der Waals surface area contributed by atoms with Gasteiger partial charge in [-0.15, -0.1) is 0 Å². The first-order chi connectivity index (χ1) is 7.93. The normalized spacial score (nSPS) is 11.0. The van der Waals surface area contributed by atoms with Crippen LogP contribution in [0.4, 0.5) is 17.6 Å². The van der Waals surface area contributed by atoms with Crippen molar-refractivity contribution in [3.8, 4) is 5.75 Å². The first-order valence-corrected chi connectivity index (χ1v) is 5.12. The van der Waals surface area contributed by atoms with E-state index >= 15 is 0 Å². The van der Waals surface area contributed by atoms with Crippen LogP contribution in [0.1, 0.15) is 13.8 Å². The molecule has 0 aromatic heterocycles. The molecule has 1 aromatic rings. The molecule has 0 aliphatic carbocycles. The van der Waals surface area contributed by atoms with E-state index in [0.717, 1.165) is 0 Å². The summed E-state index contributed by atoms with van der Waals surface area (Å²) in [6.45, 7) is 3.98. The summed E-state index contributed by atoms with van der Waals surface area (Å²) in [6, 6.07) is 0.321. The minimum Gasteiger partial charge on any atom is -0.486 e. The van der Waals surface area contributed by atoms with Crippen molar-refractivity contribution < 1.29 is 22.3 Å². The molecule has 96 valence electrons. The molecule has 1 N–H and O–H groups in total. The van der Waals surface area contributed by atoms with Crippen molar-refractivity contribution in [2.24, 2.45) is 0 Å². The van der Waals surface area contributed by atoms with E-state index in [1.165, 1.54) is 0 Å². The molecule has 0 unspecified atom stereocenters. The summed E-state index contributed by atoms with van der Waals surface area (Å²) in [4.78, 5) is 0. The van der Waals surface area contributed by atoms with Crippen molar-refractivity contribution >= 4 is 0 Å². The molecule has 0 bridgehead atoms. The van der Waals surface area contributed by atoms with E-state index in [1.807, 2.05) is 13.8 Å². The molecule has 1 aromatic carbocycles. The predicted octanol–water partition coefficient (Wildman–Crippen LogP) is 2.62. The number of benzene rings is 1. The molecular weight excluding hydrogens is 238 g/mol. The van der Waals surface area contributed by atoms with Gasteiger partial charge in [0.25, 0.3) is 0 Å². The van der Waals surface area contributed by atoms with Crippen LogP contribution in [0.5, 0.6) is 5.75 Å². The standard InChI is InChI=1S/C11H13F4NO/c1-6(2)16-3-4-17-11-9(14)7(12)5-8(13)10(11)15/h5-6,16H,3-4H2,1-2H3. The van der Waals surface area contributed by atoms with Gasteiger partial charge in [-0.05, 0) is 0 Å². The Morgan fingerprint density at radius 1 is 1.12 bits per heavy atom. The molecule has 0 heterocycles. The topological polar surface area (TPSA) is 21.3 Å². The van der Waals surface area contributed by atoms with Crippen LogP contribution in [0.15, 0.2) is 6.07 Å². The average Bonchev–Trinajstić information content (AvgIpc) is 2.25. The Hall–Kier alpha value is -1.30. The quantitative estimate of drug-likeness (QED) is 0.493. The lowest BCUT2D eigenvalue weighted by molar-refractivity contribution is 0.267. The number of rotatable bonds is 5. The van der Waals surface area contributed by atoms with Gasteiger partial charge >= 0.3 is 0 Å².